The van der Waals surface area contributed by atoms with Crippen molar-refractivity contribution in [1.29, 1.82) is 0 Å². The summed E-state index contributed by atoms with van der Waals surface area (Å²) in [6.07, 6.45) is 0. The van der Waals surface area contributed by atoms with Crippen LogP contribution in [0.5, 0.6) is 10.9 Å². The van der Waals surface area contributed by atoms with Gasteiger partial charge in [0.1, 0.15) is 11.6 Å². The van der Waals surface area contributed by atoms with Crippen LogP contribution in [0.2, 0.25) is 5.02 Å². The lowest BCUT2D eigenvalue weighted by Crippen LogP contribution is -2.50. The number of hydrogen-bond donors (Lipinski definition) is 2. The van der Waals surface area contributed by atoms with Gasteiger partial charge in [0.25, 0.3) is 5.19 Å². The molecule has 0 unspecified atom stereocenters. The van der Waals surface area contributed by atoms with Crippen LogP contribution in [0, 0.1) is 6.92 Å². The maximum Gasteiger partial charge on any atom is 0.335 e. The molecule has 0 aliphatic heterocycles. The molecule has 0 bridgehead atoms. The molecule has 2 aromatic carbocycles. The van der Waals surface area contributed by atoms with E-state index in [4.69, 9.17) is 16.3 Å². The van der Waals surface area contributed by atoms with Gasteiger partial charge in [0, 0.05) is 16.6 Å². The summed E-state index contributed by atoms with van der Waals surface area (Å²) in [5.74, 6) is 1.18. The van der Waals surface area contributed by atoms with Crippen LogP contribution in [0.1, 0.15) is 11.4 Å². The van der Waals surface area contributed by atoms with E-state index in [0.717, 1.165) is 21.7 Å². The Kier molecular flexibility index (Phi) is 6.82. The lowest BCUT2D eigenvalue weighted by molar-refractivity contribution is 0.268. The molecule has 2 aromatic heterocycles. The summed E-state index contributed by atoms with van der Waals surface area (Å²) in [5, 5.41) is 10.2. The Morgan fingerprint density at radius 3 is 2.48 bits per heavy atom. The number of aryl methyl sites for hydroxylation is 1. The Labute approximate surface area is 196 Å². The lowest BCUT2D eigenvalue weighted by Gasteiger charge is -2.10. The van der Waals surface area contributed by atoms with Gasteiger partial charge in [-0.1, -0.05) is 23.7 Å². The number of aliphatic hydroxyl groups excluding tert-OH is 1. The van der Waals surface area contributed by atoms with E-state index in [-0.39, 0.29) is 25.3 Å². The number of aromatic amines is 1. The number of ether oxygens (including phenoxy) is 1. The Bertz CT molecular complexity index is 1440. The van der Waals surface area contributed by atoms with Crippen molar-refractivity contribution in [2.24, 2.45) is 4.99 Å². The van der Waals surface area contributed by atoms with Crippen LogP contribution in [0.25, 0.3) is 0 Å². The first-order valence-electron chi connectivity index (χ1n) is 9.85. The number of aliphatic hydroxyl groups is 1. The Hall–Kier alpha value is -3.54. The third-order valence-corrected chi connectivity index (χ3v) is 5.48. The minimum absolute atomic E-state index is 0.0718. The first kappa shape index (κ1) is 22.6. The van der Waals surface area contributed by atoms with Crippen LogP contribution < -0.4 is 21.7 Å². The van der Waals surface area contributed by atoms with Crippen LogP contribution in [-0.2, 0) is 13.1 Å². The van der Waals surface area contributed by atoms with Gasteiger partial charge in [0.15, 0.2) is 0 Å². The molecule has 0 fully saturated rings. The summed E-state index contributed by atoms with van der Waals surface area (Å²) in [5.41, 5.74) is 0.106. The second-order valence-corrected chi connectivity index (χ2v) is 8.09. The highest BCUT2D eigenvalue weighted by atomic mass is 35.5. The number of halogens is 1. The highest BCUT2D eigenvalue weighted by molar-refractivity contribution is 7.07. The van der Waals surface area contributed by atoms with E-state index < -0.39 is 11.4 Å². The number of aromatic nitrogens is 5. The third kappa shape index (κ3) is 5.45. The fraction of sp³-hybridized carbons (Fsp3) is 0.190. The van der Waals surface area contributed by atoms with E-state index in [1.165, 1.54) is 4.57 Å². The summed E-state index contributed by atoms with van der Waals surface area (Å²) in [6.45, 7) is 1.44. The van der Waals surface area contributed by atoms with Crippen molar-refractivity contribution in [3.63, 3.8) is 0 Å². The molecule has 12 heteroatoms. The number of nitrogens with one attached hydrogen (secondary N) is 1. The molecule has 4 aromatic rings. The van der Waals surface area contributed by atoms with Crippen molar-refractivity contribution >= 4 is 28.8 Å². The summed E-state index contributed by atoms with van der Waals surface area (Å²) in [4.78, 5) is 36.7. The zero-order chi connectivity index (χ0) is 23.4. The zero-order valence-electron chi connectivity index (χ0n) is 17.4. The smallest absolute Gasteiger partial charge is 0.335 e. The van der Waals surface area contributed by atoms with Crippen molar-refractivity contribution in [2.75, 3.05) is 6.61 Å². The minimum Gasteiger partial charge on any atom is -0.430 e. The van der Waals surface area contributed by atoms with Crippen LogP contribution in [0.4, 0.5) is 5.69 Å². The molecule has 33 heavy (non-hydrogen) atoms. The average Bonchev–Trinajstić information content (AvgIpc) is 3.21. The highest BCUT2D eigenvalue weighted by Crippen LogP contribution is 2.24. The van der Waals surface area contributed by atoms with Crippen LogP contribution in [-0.4, -0.2) is 35.2 Å². The number of nitrogens with zero attached hydrogens (tertiary/aromatic N) is 5. The summed E-state index contributed by atoms with van der Waals surface area (Å²) in [7, 11) is 0. The average molecular weight is 487 g/mol. The van der Waals surface area contributed by atoms with E-state index in [0.29, 0.717) is 27.5 Å². The molecule has 0 amide bonds. The minimum atomic E-state index is -0.660. The number of rotatable bonds is 7. The summed E-state index contributed by atoms with van der Waals surface area (Å²) >= 11 is 7.10. The van der Waals surface area contributed by atoms with Gasteiger partial charge in [-0.25, -0.2) is 19.1 Å². The molecule has 0 aliphatic carbocycles. The first-order chi connectivity index (χ1) is 15.9. The van der Waals surface area contributed by atoms with E-state index in [2.05, 4.69) is 19.3 Å². The third-order valence-electron chi connectivity index (χ3n) is 4.54. The first-order valence-corrected chi connectivity index (χ1v) is 11.0. The molecule has 170 valence electrons. The Balaban J connectivity index is 1.72. The van der Waals surface area contributed by atoms with Crippen LogP contribution >= 0.6 is 23.1 Å². The van der Waals surface area contributed by atoms with Crippen molar-refractivity contribution in [3.05, 3.63) is 91.5 Å². The molecule has 4 rings (SSSR count). The SMILES string of the molecule is Cc1nsc(Oc2ccc(/N=c3\[nH]c(=O)n(CCO)c(=O)n3Cc3ccc(Cl)cc3)cc2)n1. The molecule has 0 aliphatic rings. The lowest BCUT2D eigenvalue weighted by atomic mass is 10.2. The highest BCUT2D eigenvalue weighted by Gasteiger charge is 2.10. The van der Waals surface area contributed by atoms with Gasteiger partial charge in [0.2, 0.25) is 5.62 Å². The predicted octanol–water partition coefficient (Wildman–Crippen LogP) is 2.22. The maximum absolute atomic E-state index is 13.0. The monoisotopic (exact) mass is 486 g/mol. The molecule has 0 spiro atoms. The second-order valence-electron chi connectivity index (χ2n) is 6.94. The van der Waals surface area contributed by atoms with Crippen LogP contribution in [0.15, 0.2) is 63.1 Å². The Morgan fingerprint density at radius 1 is 1.12 bits per heavy atom. The van der Waals surface area contributed by atoms with E-state index >= 15 is 0 Å². The van der Waals surface area contributed by atoms with E-state index in [1.54, 1.807) is 55.5 Å². The van der Waals surface area contributed by atoms with Gasteiger partial charge < -0.3 is 9.84 Å². The number of benzene rings is 2. The van der Waals surface area contributed by atoms with Gasteiger partial charge in [0.05, 0.1) is 25.4 Å². The fourth-order valence-corrected chi connectivity index (χ4v) is 3.67. The quantitative estimate of drug-likeness (QED) is 0.412. The zero-order valence-corrected chi connectivity index (χ0v) is 19.0. The largest absolute Gasteiger partial charge is 0.430 e. The molecule has 2 N–H and O–H groups in total. The fourth-order valence-electron chi connectivity index (χ4n) is 2.99. The standard InChI is InChI=1S/C21H19ClN6O4S/c1-13-23-20(33-26-13)32-17-8-6-16(7-9-17)24-18-25-19(30)27(10-11-29)21(31)28(18)12-14-2-4-15(22)5-3-14/h2-9,29H,10-12H2,1H3,(H,24,25,30). The Morgan fingerprint density at radius 2 is 1.85 bits per heavy atom. The van der Waals surface area contributed by atoms with Gasteiger partial charge in [-0.3, -0.25) is 9.55 Å². The van der Waals surface area contributed by atoms with E-state index in [1.807, 2.05) is 0 Å². The second kappa shape index (κ2) is 9.94. The summed E-state index contributed by atoms with van der Waals surface area (Å²) < 4.78 is 12.0. The molecular weight excluding hydrogens is 468 g/mol. The van der Waals surface area contributed by atoms with Gasteiger partial charge in [-0.15, -0.1) is 0 Å². The van der Waals surface area contributed by atoms with Gasteiger partial charge in [-0.2, -0.15) is 9.36 Å². The van der Waals surface area contributed by atoms with Crippen molar-refractivity contribution in [2.45, 2.75) is 20.0 Å². The summed E-state index contributed by atoms with van der Waals surface area (Å²) in [6, 6.07) is 13.8. The molecule has 0 radical (unpaired) electrons. The molecule has 0 saturated carbocycles. The maximum atomic E-state index is 13.0. The number of H-pyrrole nitrogens is 1. The topological polar surface area (TPSA) is 127 Å². The van der Waals surface area contributed by atoms with Gasteiger partial charge >= 0.3 is 11.4 Å². The molecular formula is C21H19ClN6O4S. The number of hydrogen-bond acceptors (Lipinski definition) is 8. The molecule has 0 atom stereocenters. The van der Waals surface area contributed by atoms with Crippen molar-refractivity contribution < 1.29 is 9.84 Å². The van der Waals surface area contributed by atoms with Gasteiger partial charge in [-0.05, 0) is 48.9 Å². The normalized spacial score (nSPS) is 11.7. The van der Waals surface area contributed by atoms with Crippen LogP contribution in [0.3, 0.4) is 0 Å². The van der Waals surface area contributed by atoms with Crippen molar-refractivity contribution in [1.82, 2.24) is 23.5 Å². The molecule has 10 nitrogen and oxygen atoms in total. The van der Waals surface area contributed by atoms with Crippen molar-refractivity contribution in [3.8, 4) is 10.9 Å². The molecule has 0 saturated heterocycles. The predicted molar refractivity (Wildman–Crippen MR) is 123 cm³/mol. The van der Waals surface area contributed by atoms with E-state index in [9.17, 15) is 14.7 Å². The molecule has 2 heterocycles.